The van der Waals surface area contributed by atoms with Crippen molar-refractivity contribution in [2.75, 3.05) is 10.2 Å². The van der Waals surface area contributed by atoms with Crippen molar-refractivity contribution >= 4 is 55.8 Å². The molecule has 1 aliphatic rings. The van der Waals surface area contributed by atoms with Crippen molar-refractivity contribution in [3.63, 3.8) is 0 Å². The van der Waals surface area contributed by atoms with Crippen LogP contribution in [0.2, 0.25) is 5.02 Å². The first-order valence-electron chi connectivity index (χ1n) is 7.86. The van der Waals surface area contributed by atoms with Gasteiger partial charge in [0.15, 0.2) is 5.13 Å². The fourth-order valence-corrected chi connectivity index (χ4v) is 3.97. The first-order chi connectivity index (χ1) is 12.1. The van der Waals surface area contributed by atoms with Crippen LogP contribution in [0.4, 0.5) is 10.8 Å². The summed E-state index contributed by atoms with van der Waals surface area (Å²) in [5, 5.41) is 3.99. The van der Waals surface area contributed by atoms with E-state index < -0.39 is 6.04 Å². The van der Waals surface area contributed by atoms with Gasteiger partial charge in [-0.3, -0.25) is 14.5 Å². The number of nitrogens with zero attached hydrogens (tertiary/aromatic N) is 2. The maximum absolute atomic E-state index is 12.7. The summed E-state index contributed by atoms with van der Waals surface area (Å²) in [5.41, 5.74) is 1.52. The molecule has 1 unspecified atom stereocenters. The number of para-hydroxylation sites is 1. The van der Waals surface area contributed by atoms with Gasteiger partial charge in [-0.25, -0.2) is 4.98 Å². The zero-order chi connectivity index (χ0) is 17.4. The Morgan fingerprint density at radius 1 is 1.20 bits per heavy atom. The summed E-state index contributed by atoms with van der Waals surface area (Å²) in [7, 11) is 0. The highest BCUT2D eigenvalue weighted by Crippen LogP contribution is 2.30. The summed E-state index contributed by atoms with van der Waals surface area (Å²) in [5.74, 6) is -0.286. The Bertz CT molecular complexity index is 921. The maximum Gasteiger partial charge on any atom is 0.249 e. The van der Waals surface area contributed by atoms with Gasteiger partial charge < -0.3 is 5.32 Å². The number of amides is 2. The minimum atomic E-state index is -0.541. The molecular formula is C18H14ClN3O2S. The third kappa shape index (κ3) is 3.10. The van der Waals surface area contributed by atoms with E-state index in [1.165, 1.54) is 11.3 Å². The zero-order valence-electron chi connectivity index (χ0n) is 13.1. The van der Waals surface area contributed by atoms with Gasteiger partial charge in [-0.05, 0) is 42.8 Å². The number of halogens is 1. The Labute approximate surface area is 153 Å². The third-order valence-electron chi connectivity index (χ3n) is 4.14. The van der Waals surface area contributed by atoms with Gasteiger partial charge in [0, 0.05) is 17.1 Å². The van der Waals surface area contributed by atoms with Crippen LogP contribution >= 0.6 is 22.9 Å². The molecular weight excluding hydrogens is 358 g/mol. The van der Waals surface area contributed by atoms with Gasteiger partial charge in [-0.15, -0.1) is 0 Å². The summed E-state index contributed by atoms with van der Waals surface area (Å²) in [4.78, 5) is 30.9. The van der Waals surface area contributed by atoms with Crippen LogP contribution in [0.3, 0.4) is 0 Å². The molecule has 0 spiro atoms. The first kappa shape index (κ1) is 16.1. The van der Waals surface area contributed by atoms with Crippen molar-refractivity contribution in [2.24, 2.45) is 0 Å². The molecule has 0 saturated carbocycles. The highest BCUT2D eigenvalue weighted by atomic mass is 35.5. The third-order valence-corrected chi connectivity index (χ3v) is 5.35. The lowest BCUT2D eigenvalue weighted by atomic mass is 10.2. The molecule has 1 fully saturated rings. The highest BCUT2D eigenvalue weighted by molar-refractivity contribution is 7.22. The summed E-state index contributed by atoms with van der Waals surface area (Å²) in [6.45, 7) is 0. The van der Waals surface area contributed by atoms with E-state index in [2.05, 4.69) is 10.3 Å². The number of benzene rings is 2. The second kappa shape index (κ2) is 6.46. The van der Waals surface area contributed by atoms with Gasteiger partial charge >= 0.3 is 0 Å². The maximum atomic E-state index is 12.7. The van der Waals surface area contributed by atoms with Crippen molar-refractivity contribution in [3.8, 4) is 0 Å². The van der Waals surface area contributed by atoms with Crippen LogP contribution in [-0.4, -0.2) is 22.8 Å². The van der Waals surface area contributed by atoms with Crippen LogP contribution in [0, 0.1) is 0 Å². The first-order valence-corrected chi connectivity index (χ1v) is 9.05. The van der Waals surface area contributed by atoms with E-state index >= 15 is 0 Å². The van der Waals surface area contributed by atoms with Crippen LogP contribution in [0.1, 0.15) is 12.8 Å². The van der Waals surface area contributed by atoms with Crippen LogP contribution in [0.15, 0.2) is 48.5 Å². The Kier molecular flexibility index (Phi) is 4.15. The quantitative estimate of drug-likeness (QED) is 0.754. The molecule has 3 aromatic rings. The molecule has 0 aliphatic carbocycles. The average Bonchev–Trinajstić information content (AvgIpc) is 3.18. The molecule has 2 heterocycles. The van der Waals surface area contributed by atoms with Crippen LogP contribution in [-0.2, 0) is 9.59 Å². The number of fused-ring (bicyclic) bond motifs is 1. The number of anilines is 2. The number of hydrogen-bond acceptors (Lipinski definition) is 4. The number of aromatic nitrogens is 1. The molecule has 2 amide bonds. The van der Waals surface area contributed by atoms with Crippen molar-refractivity contribution in [1.82, 2.24) is 4.98 Å². The lowest BCUT2D eigenvalue weighted by Gasteiger charge is -2.23. The Morgan fingerprint density at radius 3 is 2.72 bits per heavy atom. The second-order valence-electron chi connectivity index (χ2n) is 5.77. The SMILES string of the molecule is O=C(Nc1nc2ccccc2s1)C1CCC(=O)N1c1ccc(Cl)cc1. The van der Waals surface area contributed by atoms with Crippen molar-refractivity contribution in [1.29, 1.82) is 0 Å². The Morgan fingerprint density at radius 2 is 1.96 bits per heavy atom. The summed E-state index contributed by atoms with van der Waals surface area (Å²) < 4.78 is 1.01. The molecule has 2 aromatic carbocycles. The number of thiazole rings is 1. The predicted octanol–water partition coefficient (Wildman–Crippen LogP) is 4.08. The molecule has 7 heteroatoms. The van der Waals surface area contributed by atoms with Crippen LogP contribution in [0.25, 0.3) is 10.2 Å². The predicted molar refractivity (Wildman–Crippen MR) is 100 cm³/mol. The van der Waals surface area contributed by atoms with Crippen molar-refractivity contribution < 1.29 is 9.59 Å². The fourth-order valence-electron chi connectivity index (χ4n) is 2.97. The summed E-state index contributed by atoms with van der Waals surface area (Å²) >= 11 is 7.33. The second-order valence-corrected chi connectivity index (χ2v) is 7.24. The summed E-state index contributed by atoms with van der Waals surface area (Å²) in [6, 6.07) is 14.1. The monoisotopic (exact) mass is 371 g/mol. The summed E-state index contributed by atoms with van der Waals surface area (Å²) in [6.07, 6.45) is 0.832. The number of carbonyl (C=O) groups excluding carboxylic acids is 2. The Hall–Kier alpha value is -2.44. The molecule has 1 N–H and O–H groups in total. The van der Waals surface area contributed by atoms with Crippen molar-refractivity contribution in [2.45, 2.75) is 18.9 Å². The molecule has 0 bridgehead atoms. The largest absolute Gasteiger partial charge is 0.300 e. The van der Waals surface area contributed by atoms with E-state index in [4.69, 9.17) is 11.6 Å². The lowest BCUT2D eigenvalue weighted by Crippen LogP contribution is -2.41. The number of hydrogen-bond donors (Lipinski definition) is 1. The van der Waals surface area contributed by atoms with E-state index in [1.807, 2.05) is 24.3 Å². The zero-order valence-corrected chi connectivity index (χ0v) is 14.7. The normalized spacial score (nSPS) is 17.2. The van der Waals surface area contributed by atoms with Gasteiger partial charge in [-0.1, -0.05) is 35.1 Å². The average molecular weight is 372 g/mol. The topological polar surface area (TPSA) is 62.3 Å². The number of rotatable bonds is 3. The molecule has 0 radical (unpaired) electrons. The molecule has 4 rings (SSSR count). The van der Waals surface area contributed by atoms with E-state index in [0.29, 0.717) is 28.7 Å². The molecule has 1 aromatic heterocycles. The standard InChI is InChI=1S/C18H14ClN3O2S/c19-11-5-7-12(8-6-11)22-14(9-10-16(22)23)17(24)21-18-20-13-3-1-2-4-15(13)25-18/h1-8,14H,9-10H2,(H,20,21,24). The molecule has 5 nitrogen and oxygen atoms in total. The molecule has 1 atom stereocenters. The molecule has 1 saturated heterocycles. The smallest absolute Gasteiger partial charge is 0.249 e. The molecule has 126 valence electrons. The minimum absolute atomic E-state index is 0.0632. The minimum Gasteiger partial charge on any atom is -0.300 e. The van der Waals surface area contributed by atoms with Crippen molar-refractivity contribution in [3.05, 3.63) is 53.6 Å². The molecule has 25 heavy (non-hydrogen) atoms. The Balaban J connectivity index is 1.57. The fraction of sp³-hybridized carbons (Fsp3) is 0.167. The van der Waals surface area contributed by atoms with Gasteiger partial charge in [0.2, 0.25) is 11.8 Å². The van der Waals surface area contributed by atoms with Gasteiger partial charge in [0.25, 0.3) is 0 Å². The number of carbonyl (C=O) groups is 2. The van der Waals surface area contributed by atoms with E-state index in [9.17, 15) is 9.59 Å². The van der Waals surface area contributed by atoms with Crippen LogP contribution < -0.4 is 10.2 Å². The lowest BCUT2D eigenvalue weighted by molar-refractivity contribution is -0.120. The highest BCUT2D eigenvalue weighted by Gasteiger charge is 2.37. The van der Waals surface area contributed by atoms with E-state index in [0.717, 1.165) is 10.2 Å². The van der Waals surface area contributed by atoms with Gasteiger partial charge in [0.05, 0.1) is 10.2 Å². The van der Waals surface area contributed by atoms with Gasteiger partial charge in [-0.2, -0.15) is 0 Å². The van der Waals surface area contributed by atoms with Gasteiger partial charge in [0.1, 0.15) is 6.04 Å². The number of nitrogens with one attached hydrogen (secondary N) is 1. The van der Waals surface area contributed by atoms with E-state index in [-0.39, 0.29) is 11.8 Å². The van der Waals surface area contributed by atoms with Crippen LogP contribution in [0.5, 0.6) is 0 Å². The molecule has 1 aliphatic heterocycles. The van der Waals surface area contributed by atoms with E-state index in [1.54, 1.807) is 29.2 Å².